The van der Waals surface area contributed by atoms with Gasteiger partial charge in [0.25, 0.3) is 0 Å². The standard InChI is InChI=1S/C28H26ClN7O/c29-19-7-9-21(10-8-19)36-25-17-35(16-24-22-6-2-1-4-18(22)11-12-32-24)28(37)33-26(25)23(14-30)27(36)34-13-3-5-20(31)15-34/h1-2,4,6-12,20,25H,3,5,13,15-17,31H2/t20-,25?/m0/s1. The van der Waals surface area contributed by atoms with E-state index in [9.17, 15) is 10.1 Å². The summed E-state index contributed by atoms with van der Waals surface area (Å²) in [6, 6.07) is 19.2. The maximum Gasteiger partial charge on any atom is 0.344 e. The largest absolute Gasteiger partial charge is 0.355 e. The summed E-state index contributed by atoms with van der Waals surface area (Å²) in [5, 5.41) is 13.0. The molecular weight excluding hydrogens is 486 g/mol. The highest BCUT2D eigenvalue weighted by Crippen LogP contribution is 2.38. The Kier molecular flexibility index (Phi) is 6.03. The fourth-order valence-corrected chi connectivity index (χ4v) is 5.70. The quantitative estimate of drug-likeness (QED) is 0.560. The number of pyridine rings is 1. The predicted molar refractivity (Wildman–Crippen MR) is 144 cm³/mol. The van der Waals surface area contributed by atoms with E-state index in [1.807, 2.05) is 54.6 Å². The van der Waals surface area contributed by atoms with Crippen LogP contribution in [-0.2, 0) is 6.54 Å². The van der Waals surface area contributed by atoms with Crippen LogP contribution < -0.4 is 10.6 Å². The molecule has 8 nitrogen and oxygen atoms in total. The molecule has 4 heterocycles. The lowest BCUT2D eigenvalue weighted by molar-refractivity contribution is 0.200. The fraction of sp³-hybridized carbons (Fsp3) is 0.286. The average Bonchev–Trinajstić information content (AvgIpc) is 3.22. The van der Waals surface area contributed by atoms with Gasteiger partial charge in [0.15, 0.2) is 0 Å². The lowest BCUT2D eigenvalue weighted by Gasteiger charge is -2.40. The maximum absolute atomic E-state index is 13.3. The van der Waals surface area contributed by atoms with Crippen molar-refractivity contribution in [2.45, 2.75) is 31.5 Å². The zero-order chi connectivity index (χ0) is 25.5. The predicted octanol–water partition coefficient (Wildman–Crippen LogP) is 4.31. The summed E-state index contributed by atoms with van der Waals surface area (Å²) in [5.74, 6) is 0.765. The first kappa shape index (κ1) is 23.5. The molecule has 1 saturated heterocycles. The van der Waals surface area contributed by atoms with E-state index in [0.717, 1.165) is 47.4 Å². The zero-order valence-electron chi connectivity index (χ0n) is 20.2. The number of aromatic nitrogens is 1. The van der Waals surface area contributed by atoms with Gasteiger partial charge in [0, 0.05) is 48.0 Å². The molecule has 1 unspecified atom stereocenters. The van der Waals surface area contributed by atoms with Crippen molar-refractivity contribution in [3.05, 3.63) is 82.9 Å². The smallest absolute Gasteiger partial charge is 0.344 e. The number of nitriles is 1. The molecule has 0 aliphatic carbocycles. The lowest BCUT2D eigenvalue weighted by atomic mass is 10.0. The molecule has 9 heteroatoms. The minimum atomic E-state index is -0.360. The van der Waals surface area contributed by atoms with E-state index in [1.54, 1.807) is 11.1 Å². The Morgan fingerprint density at radius 1 is 1.11 bits per heavy atom. The van der Waals surface area contributed by atoms with Gasteiger partial charge in [0.2, 0.25) is 0 Å². The van der Waals surface area contributed by atoms with Crippen molar-refractivity contribution >= 4 is 39.8 Å². The van der Waals surface area contributed by atoms with Crippen molar-refractivity contribution < 1.29 is 4.79 Å². The van der Waals surface area contributed by atoms with Crippen LogP contribution in [0.25, 0.3) is 10.8 Å². The number of aliphatic imine (C=N–C) groups is 1. The van der Waals surface area contributed by atoms with Gasteiger partial charge in [-0.3, -0.25) is 4.98 Å². The van der Waals surface area contributed by atoms with Crippen LogP contribution in [0.2, 0.25) is 5.02 Å². The first-order chi connectivity index (χ1) is 18.0. The Hall–Kier alpha value is -3.93. The lowest BCUT2D eigenvalue weighted by Crippen LogP contribution is -2.52. The number of urea groups is 1. The van der Waals surface area contributed by atoms with Crippen molar-refractivity contribution in [1.29, 1.82) is 5.26 Å². The molecule has 3 aromatic rings. The van der Waals surface area contributed by atoms with Gasteiger partial charge in [-0.1, -0.05) is 35.9 Å². The Balaban J connectivity index is 1.40. The summed E-state index contributed by atoms with van der Waals surface area (Å²) < 4.78 is 0. The van der Waals surface area contributed by atoms with Gasteiger partial charge in [-0.2, -0.15) is 10.3 Å². The number of rotatable bonds is 4. The SMILES string of the molecule is N#CC1=C(N2CCC[C@H](N)C2)N(c2ccc(Cl)cc2)C2CN(Cc3nccc4ccccc34)C(=O)N=C12. The Morgan fingerprint density at radius 2 is 1.92 bits per heavy atom. The second-order valence-corrected chi connectivity index (χ2v) is 10.1. The number of likely N-dealkylation sites (tertiary alicyclic amines) is 1. The van der Waals surface area contributed by atoms with E-state index < -0.39 is 0 Å². The first-order valence-electron chi connectivity index (χ1n) is 12.4. The molecule has 2 amide bonds. The van der Waals surface area contributed by atoms with Crippen molar-refractivity contribution in [2.24, 2.45) is 10.7 Å². The molecule has 1 aromatic heterocycles. The molecule has 2 N–H and O–H groups in total. The third kappa shape index (κ3) is 4.20. The van der Waals surface area contributed by atoms with Crippen molar-refractivity contribution in [3.63, 3.8) is 0 Å². The molecule has 2 aromatic carbocycles. The number of carbonyl (C=O) groups is 1. The van der Waals surface area contributed by atoms with E-state index >= 15 is 0 Å². The number of hydrogen-bond donors (Lipinski definition) is 1. The van der Waals surface area contributed by atoms with E-state index in [4.69, 9.17) is 17.3 Å². The topological polar surface area (TPSA) is 102 Å². The minimum Gasteiger partial charge on any atom is -0.355 e. The molecule has 1 fully saturated rings. The number of hydrogen-bond acceptors (Lipinski definition) is 6. The molecular formula is C28H26ClN7O. The number of nitrogens with two attached hydrogens (primary N) is 1. The minimum absolute atomic E-state index is 0.0217. The summed E-state index contributed by atoms with van der Waals surface area (Å²) >= 11 is 6.20. The summed E-state index contributed by atoms with van der Waals surface area (Å²) in [6.07, 6.45) is 3.65. The Bertz CT molecular complexity index is 1470. The van der Waals surface area contributed by atoms with Crippen LogP contribution in [0.5, 0.6) is 0 Å². The molecule has 0 spiro atoms. The number of carbonyl (C=O) groups excluding carboxylic acids is 1. The van der Waals surface area contributed by atoms with Gasteiger partial charge in [-0.15, -0.1) is 0 Å². The Morgan fingerprint density at radius 3 is 2.70 bits per heavy atom. The van der Waals surface area contributed by atoms with Crippen LogP contribution in [0, 0.1) is 11.3 Å². The van der Waals surface area contributed by atoms with Crippen molar-refractivity contribution in [1.82, 2.24) is 14.8 Å². The molecule has 3 aliphatic heterocycles. The van der Waals surface area contributed by atoms with Crippen molar-refractivity contribution in [3.8, 4) is 6.07 Å². The van der Waals surface area contributed by atoms with E-state index in [-0.39, 0.29) is 18.1 Å². The van der Waals surface area contributed by atoms with E-state index in [0.29, 0.717) is 35.9 Å². The Labute approximate surface area is 220 Å². The second-order valence-electron chi connectivity index (χ2n) is 9.66. The van der Waals surface area contributed by atoms with Crippen LogP contribution in [0.4, 0.5) is 10.5 Å². The van der Waals surface area contributed by atoms with Crippen LogP contribution in [0.15, 0.2) is 77.2 Å². The van der Waals surface area contributed by atoms with Gasteiger partial charge in [0.1, 0.15) is 17.5 Å². The highest BCUT2D eigenvalue weighted by molar-refractivity contribution is 6.30. The summed E-state index contributed by atoms with van der Waals surface area (Å²) in [7, 11) is 0. The number of benzene rings is 2. The number of nitrogens with zero attached hydrogens (tertiary/aromatic N) is 6. The highest BCUT2D eigenvalue weighted by atomic mass is 35.5. The molecule has 0 saturated carbocycles. The number of halogens is 1. The molecule has 2 atom stereocenters. The molecule has 3 aliphatic rings. The number of fused-ring (bicyclic) bond motifs is 2. The maximum atomic E-state index is 13.3. The average molecular weight is 512 g/mol. The van der Waals surface area contributed by atoms with Gasteiger partial charge < -0.3 is 20.4 Å². The first-order valence-corrected chi connectivity index (χ1v) is 12.8. The zero-order valence-corrected chi connectivity index (χ0v) is 21.0. The number of piperidine rings is 1. The van der Waals surface area contributed by atoms with E-state index in [1.165, 1.54) is 0 Å². The highest BCUT2D eigenvalue weighted by Gasteiger charge is 2.46. The third-order valence-corrected chi connectivity index (χ3v) is 7.54. The summed E-state index contributed by atoms with van der Waals surface area (Å²) in [4.78, 5) is 28.3. The number of amides is 2. The van der Waals surface area contributed by atoms with Crippen LogP contribution in [-0.4, -0.2) is 58.2 Å². The molecule has 6 rings (SSSR count). The monoisotopic (exact) mass is 511 g/mol. The molecule has 0 bridgehead atoms. The van der Waals surface area contributed by atoms with Crippen molar-refractivity contribution in [2.75, 3.05) is 24.5 Å². The fourth-order valence-electron chi connectivity index (χ4n) is 5.58. The van der Waals surface area contributed by atoms with Crippen LogP contribution in [0.1, 0.15) is 18.5 Å². The molecule has 37 heavy (non-hydrogen) atoms. The van der Waals surface area contributed by atoms with Crippen LogP contribution >= 0.6 is 11.6 Å². The third-order valence-electron chi connectivity index (χ3n) is 7.29. The number of anilines is 1. The van der Waals surface area contributed by atoms with Crippen LogP contribution in [0.3, 0.4) is 0 Å². The normalized spacial score (nSPS) is 21.8. The van der Waals surface area contributed by atoms with Gasteiger partial charge in [-0.25, -0.2) is 4.79 Å². The summed E-state index contributed by atoms with van der Waals surface area (Å²) in [6.45, 7) is 2.13. The molecule has 186 valence electrons. The van der Waals surface area contributed by atoms with Gasteiger partial charge in [-0.05, 0) is 48.6 Å². The van der Waals surface area contributed by atoms with Gasteiger partial charge in [0.05, 0.1) is 24.0 Å². The van der Waals surface area contributed by atoms with Gasteiger partial charge >= 0.3 is 6.03 Å². The van der Waals surface area contributed by atoms with E-state index in [2.05, 4.69) is 25.8 Å². The molecule has 0 radical (unpaired) electrons. The second kappa shape index (κ2) is 9.51. The summed E-state index contributed by atoms with van der Waals surface area (Å²) in [5.41, 5.74) is 8.98.